The number of anilines is 1. The fourth-order valence-electron chi connectivity index (χ4n) is 1.28. The van der Waals surface area contributed by atoms with Crippen LogP contribution in [-0.4, -0.2) is 10.9 Å². The zero-order chi connectivity index (χ0) is 12.3. The zero-order valence-corrected chi connectivity index (χ0v) is 11.6. The van der Waals surface area contributed by atoms with Gasteiger partial charge in [-0.05, 0) is 52.9 Å². The van der Waals surface area contributed by atoms with Gasteiger partial charge in [0.05, 0.1) is 11.9 Å². The van der Waals surface area contributed by atoms with Gasteiger partial charge in [-0.25, -0.2) is 4.98 Å². The third-order valence-corrected chi connectivity index (χ3v) is 2.97. The first-order valence-electron chi connectivity index (χ1n) is 4.83. The molecule has 0 fully saturated rings. The average Bonchev–Trinajstić information content (AvgIpc) is 2.32. The zero-order valence-electron chi connectivity index (χ0n) is 8.65. The molecule has 5 heteroatoms. The van der Waals surface area contributed by atoms with Gasteiger partial charge in [-0.3, -0.25) is 4.79 Å². The molecule has 1 aromatic heterocycles. The van der Waals surface area contributed by atoms with Crippen LogP contribution in [0.5, 0.6) is 0 Å². The van der Waals surface area contributed by atoms with Gasteiger partial charge in [-0.15, -0.1) is 0 Å². The van der Waals surface area contributed by atoms with E-state index >= 15 is 0 Å². The molecular weight excluding hydrogens is 351 g/mol. The third kappa shape index (κ3) is 3.41. The molecule has 0 aliphatic rings. The second kappa shape index (κ2) is 5.46. The summed E-state index contributed by atoms with van der Waals surface area (Å²) >= 11 is 7.83. The molecule has 0 saturated heterocycles. The number of rotatable bonds is 2. The van der Waals surface area contributed by atoms with E-state index < -0.39 is 0 Å². The Morgan fingerprint density at radius 1 is 1.29 bits per heavy atom. The standard InChI is InChI=1S/C12H8ClIN2O/c13-11-5-4-10(7-15-11)16-12(17)8-2-1-3-9(14)6-8/h1-7H,(H,16,17). The van der Waals surface area contributed by atoms with Crippen LogP contribution in [0.15, 0.2) is 42.6 Å². The number of carbonyl (C=O) groups excluding carboxylic acids is 1. The molecule has 0 aliphatic heterocycles. The SMILES string of the molecule is O=C(Nc1ccc(Cl)nc1)c1cccc(I)c1. The summed E-state index contributed by atoms with van der Waals surface area (Å²) in [6.07, 6.45) is 1.52. The summed E-state index contributed by atoms with van der Waals surface area (Å²) in [5.74, 6) is -0.160. The number of aromatic nitrogens is 1. The fourth-order valence-corrected chi connectivity index (χ4v) is 1.94. The number of nitrogens with one attached hydrogen (secondary N) is 1. The van der Waals surface area contributed by atoms with Crippen molar-refractivity contribution >= 4 is 45.8 Å². The number of amides is 1. The second-order valence-corrected chi connectivity index (χ2v) is 4.97. The first-order valence-corrected chi connectivity index (χ1v) is 6.29. The summed E-state index contributed by atoms with van der Waals surface area (Å²) in [6.45, 7) is 0. The van der Waals surface area contributed by atoms with Crippen molar-refractivity contribution in [2.24, 2.45) is 0 Å². The van der Waals surface area contributed by atoms with Crippen LogP contribution in [0.1, 0.15) is 10.4 Å². The first kappa shape index (κ1) is 12.3. The summed E-state index contributed by atoms with van der Waals surface area (Å²) in [5.41, 5.74) is 1.24. The number of carbonyl (C=O) groups is 1. The van der Waals surface area contributed by atoms with E-state index in [2.05, 4.69) is 32.9 Å². The van der Waals surface area contributed by atoms with Gasteiger partial charge in [0.25, 0.3) is 5.91 Å². The monoisotopic (exact) mass is 358 g/mol. The van der Waals surface area contributed by atoms with E-state index in [-0.39, 0.29) is 5.91 Å². The Morgan fingerprint density at radius 2 is 2.12 bits per heavy atom. The third-order valence-electron chi connectivity index (χ3n) is 2.07. The highest BCUT2D eigenvalue weighted by Crippen LogP contribution is 2.13. The molecule has 2 aromatic rings. The molecule has 0 spiro atoms. The number of hydrogen-bond acceptors (Lipinski definition) is 2. The predicted octanol–water partition coefficient (Wildman–Crippen LogP) is 3.59. The van der Waals surface area contributed by atoms with E-state index in [1.807, 2.05) is 18.2 Å². The van der Waals surface area contributed by atoms with Crippen LogP contribution in [0.4, 0.5) is 5.69 Å². The molecule has 2 rings (SSSR count). The maximum absolute atomic E-state index is 11.9. The van der Waals surface area contributed by atoms with Crippen molar-refractivity contribution in [3.8, 4) is 0 Å². The molecule has 0 unspecified atom stereocenters. The van der Waals surface area contributed by atoms with Crippen LogP contribution in [0.2, 0.25) is 5.15 Å². The number of pyridine rings is 1. The van der Waals surface area contributed by atoms with Crippen LogP contribution in [0.3, 0.4) is 0 Å². The Bertz CT molecular complexity index is 542. The number of hydrogen-bond donors (Lipinski definition) is 1. The molecule has 86 valence electrons. The Labute approximate surface area is 117 Å². The van der Waals surface area contributed by atoms with Crippen LogP contribution in [-0.2, 0) is 0 Å². The molecule has 1 aromatic carbocycles. The lowest BCUT2D eigenvalue weighted by atomic mass is 10.2. The molecule has 1 heterocycles. The van der Waals surface area contributed by atoms with E-state index in [1.165, 1.54) is 6.20 Å². The van der Waals surface area contributed by atoms with Crippen LogP contribution in [0, 0.1) is 3.57 Å². The van der Waals surface area contributed by atoms with E-state index in [9.17, 15) is 4.79 Å². The Kier molecular flexibility index (Phi) is 3.96. The van der Waals surface area contributed by atoms with Crippen LogP contribution >= 0.6 is 34.2 Å². The van der Waals surface area contributed by atoms with Gasteiger partial charge < -0.3 is 5.32 Å². The van der Waals surface area contributed by atoms with Crippen molar-refractivity contribution in [3.05, 3.63) is 56.9 Å². The lowest BCUT2D eigenvalue weighted by Gasteiger charge is -2.05. The summed E-state index contributed by atoms with van der Waals surface area (Å²) in [6, 6.07) is 10.7. The highest BCUT2D eigenvalue weighted by molar-refractivity contribution is 14.1. The van der Waals surface area contributed by atoms with Gasteiger partial charge >= 0.3 is 0 Å². The molecule has 0 atom stereocenters. The van der Waals surface area contributed by atoms with Crippen molar-refractivity contribution in [2.45, 2.75) is 0 Å². The van der Waals surface area contributed by atoms with Gasteiger partial charge in [-0.1, -0.05) is 17.7 Å². The molecule has 17 heavy (non-hydrogen) atoms. The number of nitrogens with zero attached hydrogens (tertiary/aromatic N) is 1. The fraction of sp³-hybridized carbons (Fsp3) is 0. The molecule has 1 amide bonds. The molecule has 1 N–H and O–H groups in total. The van der Waals surface area contributed by atoms with Crippen molar-refractivity contribution in [3.63, 3.8) is 0 Å². The van der Waals surface area contributed by atoms with Crippen molar-refractivity contribution in [1.29, 1.82) is 0 Å². The Hall–Kier alpha value is -1.14. The van der Waals surface area contributed by atoms with Gasteiger partial charge in [0.1, 0.15) is 5.15 Å². The van der Waals surface area contributed by atoms with Crippen molar-refractivity contribution < 1.29 is 4.79 Å². The van der Waals surface area contributed by atoms with Gasteiger partial charge in [0, 0.05) is 9.13 Å². The minimum absolute atomic E-state index is 0.160. The summed E-state index contributed by atoms with van der Waals surface area (Å²) in [7, 11) is 0. The van der Waals surface area contributed by atoms with E-state index in [0.717, 1.165) is 3.57 Å². The molecule has 0 bridgehead atoms. The van der Waals surface area contributed by atoms with Crippen molar-refractivity contribution in [2.75, 3.05) is 5.32 Å². The molecular formula is C12H8ClIN2O. The van der Waals surface area contributed by atoms with Crippen LogP contribution in [0.25, 0.3) is 0 Å². The average molecular weight is 359 g/mol. The highest BCUT2D eigenvalue weighted by Gasteiger charge is 2.06. The maximum atomic E-state index is 11.9. The lowest BCUT2D eigenvalue weighted by molar-refractivity contribution is 0.102. The lowest BCUT2D eigenvalue weighted by Crippen LogP contribution is -2.12. The Balaban J connectivity index is 2.14. The van der Waals surface area contributed by atoms with Crippen molar-refractivity contribution in [1.82, 2.24) is 4.98 Å². The van der Waals surface area contributed by atoms with Gasteiger partial charge in [-0.2, -0.15) is 0 Å². The largest absolute Gasteiger partial charge is 0.321 e. The van der Waals surface area contributed by atoms with Gasteiger partial charge in [0.15, 0.2) is 0 Å². The highest BCUT2D eigenvalue weighted by atomic mass is 127. The van der Waals surface area contributed by atoms with E-state index in [1.54, 1.807) is 18.2 Å². The quantitative estimate of drug-likeness (QED) is 0.658. The smallest absolute Gasteiger partial charge is 0.255 e. The predicted molar refractivity (Wildman–Crippen MR) is 76.4 cm³/mol. The van der Waals surface area contributed by atoms with E-state index in [4.69, 9.17) is 11.6 Å². The molecule has 3 nitrogen and oxygen atoms in total. The number of benzene rings is 1. The first-order chi connectivity index (χ1) is 8.15. The maximum Gasteiger partial charge on any atom is 0.255 e. The van der Waals surface area contributed by atoms with Gasteiger partial charge in [0.2, 0.25) is 0 Å². The second-order valence-electron chi connectivity index (χ2n) is 3.33. The minimum Gasteiger partial charge on any atom is -0.321 e. The number of halogens is 2. The summed E-state index contributed by atoms with van der Waals surface area (Å²) in [4.78, 5) is 15.8. The molecule has 0 radical (unpaired) electrons. The molecule has 0 saturated carbocycles. The normalized spacial score (nSPS) is 10.0. The summed E-state index contributed by atoms with van der Waals surface area (Å²) < 4.78 is 1.02. The van der Waals surface area contributed by atoms with Crippen LogP contribution < -0.4 is 5.32 Å². The minimum atomic E-state index is -0.160. The molecule has 0 aliphatic carbocycles. The Morgan fingerprint density at radius 3 is 2.76 bits per heavy atom. The summed E-state index contributed by atoms with van der Waals surface area (Å²) in [5, 5.41) is 3.15. The van der Waals surface area contributed by atoms with E-state index in [0.29, 0.717) is 16.4 Å². The topological polar surface area (TPSA) is 42.0 Å².